The van der Waals surface area contributed by atoms with Crippen molar-refractivity contribution in [2.24, 2.45) is 17.8 Å². The predicted molar refractivity (Wildman–Crippen MR) is 102 cm³/mol. The quantitative estimate of drug-likeness (QED) is 0.574. The SMILES string of the molecule is [C-]#[N+]c1ccc(N2C(=O)[C@@H]3[C@H](C2=O)C2(C)OC3(C(C)CO)C[C@H]2O)c2nsnc12. The summed E-state index contributed by atoms with van der Waals surface area (Å²) in [6.07, 6.45) is -0.733. The minimum absolute atomic E-state index is 0.184. The maximum Gasteiger partial charge on any atom is 0.240 e. The van der Waals surface area contributed by atoms with Crippen LogP contribution in [0.2, 0.25) is 0 Å². The molecular formula is C19H18N4O5S. The highest BCUT2D eigenvalue weighted by Crippen LogP contribution is 2.63. The Balaban J connectivity index is 1.67. The Hall–Kier alpha value is -2.45. The molecule has 0 saturated carbocycles. The average Bonchev–Trinajstić information content (AvgIpc) is 3.41. The molecule has 3 unspecified atom stereocenters. The van der Waals surface area contributed by atoms with Crippen LogP contribution in [0.3, 0.4) is 0 Å². The number of aromatic nitrogens is 2. The monoisotopic (exact) mass is 414 g/mol. The number of carbonyl (C=O) groups excluding carboxylic acids is 2. The number of nitrogens with zero attached hydrogens (tertiary/aromatic N) is 4. The topological polar surface area (TPSA) is 117 Å². The fraction of sp³-hybridized carbons (Fsp3) is 0.526. The molecule has 4 heterocycles. The second kappa shape index (κ2) is 5.79. The van der Waals surface area contributed by atoms with Crippen LogP contribution in [0.25, 0.3) is 15.9 Å². The summed E-state index contributed by atoms with van der Waals surface area (Å²) in [4.78, 5) is 31.5. The Kier molecular flexibility index (Phi) is 3.71. The molecule has 0 spiro atoms. The first-order valence-electron chi connectivity index (χ1n) is 9.29. The molecule has 1 aromatic heterocycles. The Labute approximate surface area is 170 Å². The van der Waals surface area contributed by atoms with Gasteiger partial charge in [-0.2, -0.15) is 8.75 Å². The highest BCUT2D eigenvalue weighted by Gasteiger charge is 2.78. The molecule has 2 amide bonds. The van der Waals surface area contributed by atoms with E-state index in [4.69, 9.17) is 11.3 Å². The minimum Gasteiger partial charge on any atom is -0.396 e. The van der Waals surface area contributed by atoms with E-state index >= 15 is 0 Å². The van der Waals surface area contributed by atoms with Crippen LogP contribution < -0.4 is 4.90 Å². The minimum atomic E-state index is -1.20. The van der Waals surface area contributed by atoms with E-state index in [1.807, 2.05) is 0 Å². The number of ether oxygens (including phenoxy) is 1. The van der Waals surface area contributed by atoms with Gasteiger partial charge in [0.25, 0.3) is 0 Å². The van der Waals surface area contributed by atoms with Crippen LogP contribution in [0, 0.1) is 24.3 Å². The van der Waals surface area contributed by atoms with E-state index in [0.29, 0.717) is 16.7 Å². The third-order valence-corrected chi connectivity index (χ3v) is 7.40. The molecule has 2 aromatic rings. The number of aliphatic hydroxyl groups is 2. The molecule has 2 bridgehead atoms. The molecule has 3 aliphatic heterocycles. The molecule has 29 heavy (non-hydrogen) atoms. The van der Waals surface area contributed by atoms with Crippen molar-refractivity contribution in [1.29, 1.82) is 0 Å². The van der Waals surface area contributed by atoms with E-state index in [2.05, 4.69) is 13.6 Å². The summed E-state index contributed by atoms with van der Waals surface area (Å²) < 4.78 is 14.5. The van der Waals surface area contributed by atoms with E-state index in [0.717, 1.165) is 16.6 Å². The Morgan fingerprint density at radius 3 is 2.72 bits per heavy atom. The summed E-state index contributed by atoms with van der Waals surface area (Å²) >= 11 is 0.910. The zero-order valence-corrected chi connectivity index (χ0v) is 16.5. The van der Waals surface area contributed by atoms with Crippen molar-refractivity contribution < 1.29 is 24.5 Å². The molecule has 2 N–H and O–H groups in total. The Morgan fingerprint density at radius 1 is 1.34 bits per heavy atom. The van der Waals surface area contributed by atoms with Gasteiger partial charge in [0.15, 0.2) is 0 Å². The number of rotatable bonds is 3. The number of fused-ring (bicyclic) bond motifs is 6. The zero-order chi connectivity index (χ0) is 20.7. The first-order valence-corrected chi connectivity index (χ1v) is 10.0. The standard InChI is InChI=1S/C19H18N4O5S/c1-8(7-24)19-6-11(25)18(2,28-19)12-13(19)17(27)23(16(12)26)10-5-4-9(20-3)14-15(10)22-29-21-14/h4-5,8,11-13,24-25H,6-7H2,1-2H3/t8?,11-,12-,13+,18?,19?/m1/s1. The third-order valence-electron chi connectivity index (χ3n) is 6.88. The van der Waals surface area contributed by atoms with Crippen molar-refractivity contribution in [3.63, 3.8) is 0 Å². The number of aliphatic hydroxyl groups excluding tert-OH is 2. The maximum atomic E-state index is 13.5. The van der Waals surface area contributed by atoms with Crippen molar-refractivity contribution in [2.45, 2.75) is 37.6 Å². The van der Waals surface area contributed by atoms with Gasteiger partial charge in [0.1, 0.15) is 16.6 Å². The number of hydrogen-bond acceptors (Lipinski definition) is 8. The summed E-state index contributed by atoms with van der Waals surface area (Å²) in [5.41, 5.74) is -1.04. The number of imide groups is 1. The van der Waals surface area contributed by atoms with Crippen LogP contribution in [0.4, 0.5) is 11.4 Å². The zero-order valence-electron chi connectivity index (χ0n) is 15.7. The van der Waals surface area contributed by atoms with Crippen molar-refractivity contribution in [1.82, 2.24) is 8.75 Å². The van der Waals surface area contributed by atoms with E-state index in [-0.39, 0.29) is 18.7 Å². The van der Waals surface area contributed by atoms with E-state index in [1.54, 1.807) is 13.8 Å². The summed E-state index contributed by atoms with van der Waals surface area (Å²) in [5.74, 6) is -2.97. The highest BCUT2D eigenvalue weighted by molar-refractivity contribution is 7.00. The number of hydrogen-bond donors (Lipinski definition) is 2. The Morgan fingerprint density at radius 2 is 2.03 bits per heavy atom. The number of anilines is 1. The molecule has 9 nitrogen and oxygen atoms in total. The fourth-order valence-electron chi connectivity index (χ4n) is 5.34. The van der Waals surface area contributed by atoms with Crippen LogP contribution in [0.15, 0.2) is 12.1 Å². The smallest absolute Gasteiger partial charge is 0.240 e. The summed E-state index contributed by atoms with van der Waals surface area (Å²) in [6.45, 7) is 10.5. The van der Waals surface area contributed by atoms with Gasteiger partial charge in [-0.05, 0) is 13.0 Å². The van der Waals surface area contributed by atoms with Gasteiger partial charge in [-0.1, -0.05) is 13.0 Å². The normalized spacial score (nSPS) is 36.7. The second-order valence-corrected chi connectivity index (χ2v) is 8.72. The number of benzene rings is 1. The van der Waals surface area contributed by atoms with Gasteiger partial charge in [0.2, 0.25) is 17.5 Å². The van der Waals surface area contributed by atoms with Crippen molar-refractivity contribution in [3.05, 3.63) is 23.5 Å². The first-order chi connectivity index (χ1) is 13.8. The number of carbonyl (C=O) groups is 2. The van der Waals surface area contributed by atoms with E-state index in [1.165, 1.54) is 12.1 Å². The lowest BCUT2D eigenvalue weighted by atomic mass is 9.63. The van der Waals surface area contributed by atoms with Crippen molar-refractivity contribution in [3.8, 4) is 0 Å². The maximum absolute atomic E-state index is 13.5. The molecule has 1 aromatic carbocycles. The second-order valence-electron chi connectivity index (χ2n) is 8.19. The van der Waals surface area contributed by atoms with E-state index < -0.39 is 46.9 Å². The first kappa shape index (κ1) is 18.6. The summed E-state index contributed by atoms with van der Waals surface area (Å²) in [5, 5.41) is 20.5. The lowest BCUT2D eigenvalue weighted by molar-refractivity contribution is -0.138. The fourth-order valence-corrected chi connectivity index (χ4v) is 5.90. The van der Waals surface area contributed by atoms with Crippen LogP contribution >= 0.6 is 11.7 Å². The van der Waals surface area contributed by atoms with Crippen LogP contribution in [-0.4, -0.2) is 54.7 Å². The molecule has 3 saturated heterocycles. The molecule has 150 valence electrons. The molecule has 0 radical (unpaired) electrons. The van der Waals surface area contributed by atoms with Gasteiger partial charge in [-0.3, -0.25) is 9.59 Å². The molecule has 6 atom stereocenters. The van der Waals surface area contributed by atoms with Gasteiger partial charge in [-0.25, -0.2) is 9.74 Å². The van der Waals surface area contributed by atoms with Crippen LogP contribution in [-0.2, 0) is 14.3 Å². The molecule has 3 fully saturated rings. The molecule has 3 aliphatic rings. The predicted octanol–water partition coefficient (Wildman–Crippen LogP) is 1.27. The van der Waals surface area contributed by atoms with Crippen molar-refractivity contribution in [2.75, 3.05) is 11.5 Å². The largest absolute Gasteiger partial charge is 0.396 e. The summed E-state index contributed by atoms with van der Waals surface area (Å²) in [7, 11) is 0. The highest BCUT2D eigenvalue weighted by atomic mass is 32.1. The van der Waals surface area contributed by atoms with Crippen LogP contribution in [0.1, 0.15) is 20.3 Å². The lowest BCUT2D eigenvalue weighted by Gasteiger charge is -2.36. The molecule has 10 heteroatoms. The molecular weight excluding hydrogens is 396 g/mol. The van der Waals surface area contributed by atoms with Gasteiger partial charge in [0.05, 0.1) is 47.5 Å². The number of amides is 2. The average molecular weight is 414 g/mol. The van der Waals surface area contributed by atoms with Gasteiger partial charge in [-0.15, -0.1) is 0 Å². The van der Waals surface area contributed by atoms with Gasteiger partial charge < -0.3 is 14.9 Å². The summed E-state index contributed by atoms with van der Waals surface area (Å²) in [6, 6.07) is 3.06. The third kappa shape index (κ3) is 2.03. The molecule has 5 rings (SSSR count). The Bertz CT molecular complexity index is 1110. The van der Waals surface area contributed by atoms with Crippen molar-refractivity contribution >= 4 is 46.0 Å². The van der Waals surface area contributed by atoms with Gasteiger partial charge >= 0.3 is 0 Å². The van der Waals surface area contributed by atoms with Crippen LogP contribution in [0.5, 0.6) is 0 Å². The molecule has 0 aliphatic carbocycles. The van der Waals surface area contributed by atoms with E-state index in [9.17, 15) is 19.8 Å². The van der Waals surface area contributed by atoms with Gasteiger partial charge in [0, 0.05) is 18.9 Å². The lowest BCUT2D eigenvalue weighted by Crippen LogP contribution is -2.51.